The molecule has 0 bridgehead atoms. The highest BCUT2D eigenvalue weighted by molar-refractivity contribution is 6.32. The SMILES string of the molecule is CC(=O)C(=O)OCCN1CCC(O[N+](=O)[O-])CC1. The maximum Gasteiger partial charge on any atom is 0.374 e. The summed E-state index contributed by atoms with van der Waals surface area (Å²) in [7, 11) is 0. The monoisotopic (exact) mass is 260 g/mol. The first-order chi connectivity index (χ1) is 8.49. The topological polar surface area (TPSA) is 99.0 Å². The summed E-state index contributed by atoms with van der Waals surface area (Å²) in [5.41, 5.74) is 0. The molecule has 0 radical (unpaired) electrons. The molecule has 1 saturated heterocycles. The average Bonchev–Trinajstić information content (AvgIpc) is 2.30. The van der Waals surface area contributed by atoms with E-state index in [4.69, 9.17) is 4.74 Å². The van der Waals surface area contributed by atoms with Crippen LogP contribution in [0, 0.1) is 10.1 Å². The molecule has 0 spiro atoms. The number of piperidine rings is 1. The highest BCUT2D eigenvalue weighted by Gasteiger charge is 2.22. The van der Waals surface area contributed by atoms with Crippen molar-refractivity contribution in [2.75, 3.05) is 26.2 Å². The van der Waals surface area contributed by atoms with E-state index in [-0.39, 0.29) is 12.7 Å². The Labute approximate surface area is 104 Å². The maximum absolute atomic E-state index is 10.9. The first-order valence-electron chi connectivity index (χ1n) is 5.70. The van der Waals surface area contributed by atoms with E-state index in [9.17, 15) is 19.7 Å². The summed E-state index contributed by atoms with van der Waals surface area (Å²) in [6.07, 6.45) is 0.791. The quantitative estimate of drug-likeness (QED) is 0.282. The Morgan fingerprint density at radius 2 is 2.00 bits per heavy atom. The Hall–Kier alpha value is -1.70. The van der Waals surface area contributed by atoms with E-state index >= 15 is 0 Å². The van der Waals surface area contributed by atoms with Crippen LogP contribution in [0.5, 0.6) is 0 Å². The van der Waals surface area contributed by atoms with Crippen LogP contribution in [0.3, 0.4) is 0 Å². The minimum absolute atomic E-state index is 0.152. The predicted molar refractivity (Wildman–Crippen MR) is 59.2 cm³/mol. The van der Waals surface area contributed by atoms with E-state index in [1.165, 1.54) is 0 Å². The lowest BCUT2D eigenvalue weighted by atomic mass is 10.1. The number of hydrogen-bond donors (Lipinski definition) is 0. The number of carbonyl (C=O) groups excluding carboxylic acids is 2. The molecule has 0 aromatic carbocycles. The largest absolute Gasteiger partial charge is 0.459 e. The Kier molecular flexibility index (Phi) is 5.50. The third-order valence-electron chi connectivity index (χ3n) is 2.70. The number of Topliss-reactive ketones (excluding diaryl/α,β-unsaturated/α-hetero) is 1. The van der Waals surface area contributed by atoms with Gasteiger partial charge < -0.3 is 9.57 Å². The summed E-state index contributed by atoms with van der Waals surface area (Å²) in [4.78, 5) is 38.1. The Bertz CT molecular complexity index is 324. The number of ether oxygens (including phenoxy) is 1. The van der Waals surface area contributed by atoms with E-state index in [1.54, 1.807) is 0 Å². The molecule has 0 saturated carbocycles. The van der Waals surface area contributed by atoms with E-state index in [0.29, 0.717) is 32.5 Å². The number of ketones is 1. The molecule has 0 aliphatic carbocycles. The summed E-state index contributed by atoms with van der Waals surface area (Å²) in [5, 5.41) is 9.37. The van der Waals surface area contributed by atoms with Crippen molar-refractivity contribution in [2.45, 2.75) is 25.9 Å². The number of likely N-dealkylation sites (tertiary alicyclic amines) is 1. The molecular formula is C10H16N2O6. The molecule has 0 N–H and O–H groups in total. The van der Waals surface area contributed by atoms with E-state index in [0.717, 1.165) is 6.92 Å². The third kappa shape index (κ3) is 5.09. The fraction of sp³-hybridized carbons (Fsp3) is 0.800. The second kappa shape index (κ2) is 6.90. The summed E-state index contributed by atoms with van der Waals surface area (Å²) < 4.78 is 4.73. The number of hydrogen-bond acceptors (Lipinski definition) is 7. The molecule has 0 aromatic heterocycles. The first-order valence-corrected chi connectivity index (χ1v) is 5.70. The maximum atomic E-state index is 10.9. The summed E-state index contributed by atoms with van der Waals surface area (Å²) in [5.74, 6) is -1.45. The molecule has 1 aliphatic heterocycles. The van der Waals surface area contributed by atoms with Gasteiger partial charge in [-0.1, -0.05) is 0 Å². The van der Waals surface area contributed by atoms with Gasteiger partial charge in [-0.25, -0.2) is 4.79 Å². The van der Waals surface area contributed by atoms with Crippen LogP contribution in [0.25, 0.3) is 0 Å². The molecule has 18 heavy (non-hydrogen) atoms. The summed E-state index contributed by atoms with van der Waals surface area (Å²) >= 11 is 0. The molecule has 0 amide bonds. The minimum Gasteiger partial charge on any atom is -0.459 e. The molecule has 1 fully saturated rings. The van der Waals surface area contributed by atoms with Crippen LogP contribution in [0.15, 0.2) is 0 Å². The highest BCUT2D eigenvalue weighted by atomic mass is 17.0. The standard InChI is InChI=1S/C10H16N2O6/c1-8(13)10(14)17-7-6-11-4-2-9(3-5-11)18-12(15)16/h9H,2-7H2,1H3. The van der Waals surface area contributed by atoms with Gasteiger partial charge in [-0.3, -0.25) is 9.69 Å². The van der Waals surface area contributed by atoms with Gasteiger partial charge in [0, 0.05) is 26.6 Å². The molecule has 8 nitrogen and oxygen atoms in total. The van der Waals surface area contributed by atoms with Crippen molar-refractivity contribution >= 4 is 11.8 Å². The van der Waals surface area contributed by atoms with Crippen LogP contribution >= 0.6 is 0 Å². The molecule has 1 aliphatic rings. The molecule has 0 atom stereocenters. The molecule has 0 aromatic rings. The lowest BCUT2D eigenvalue weighted by molar-refractivity contribution is -0.769. The molecule has 102 valence electrons. The minimum atomic E-state index is -0.832. The van der Waals surface area contributed by atoms with Crippen molar-refractivity contribution in [3.8, 4) is 0 Å². The van der Waals surface area contributed by atoms with Gasteiger partial charge in [0.25, 0.3) is 5.09 Å². The number of nitrogens with zero attached hydrogens (tertiary/aromatic N) is 2. The van der Waals surface area contributed by atoms with Crippen molar-refractivity contribution in [1.82, 2.24) is 4.90 Å². The van der Waals surface area contributed by atoms with Crippen molar-refractivity contribution in [3.63, 3.8) is 0 Å². The van der Waals surface area contributed by atoms with Gasteiger partial charge in [0.05, 0.1) is 0 Å². The van der Waals surface area contributed by atoms with Gasteiger partial charge in [0.15, 0.2) is 0 Å². The number of esters is 1. The second-order valence-corrected chi connectivity index (χ2v) is 4.06. The number of rotatable bonds is 6. The normalized spacial score (nSPS) is 17.2. The van der Waals surface area contributed by atoms with Gasteiger partial charge in [-0.05, 0) is 12.8 Å². The van der Waals surface area contributed by atoms with Gasteiger partial charge in [0.2, 0.25) is 5.78 Å². The van der Waals surface area contributed by atoms with Gasteiger partial charge >= 0.3 is 5.97 Å². The molecular weight excluding hydrogens is 244 g/mol. The van der Waals surface area contributed by atoms with Crippen molar-refractivity contribution < 1.29 is 24.3 Å². The average molecular weight is 260 g/mol. The van der Waals surface area contributed by atoms with Crippen molar-refractivity contribution in [1.29, 1.82) is 0 Å². The molecule has 8 heteroatoms. The van der Waals surface area contributed by atoms with Crippen LogP contribution in [-0.2, 0) is 19.2 Å². The summed E-state index contributed by atoms with van der Waals surface area (Å²) in [6, 6.07) is 0. The molecule has 1 rings (SSSR count). The van der Waals surface area contributed by atoms with Crippen molar-refractivity contribution in [3.05, 3.63) is 10.1 Å². The van der Waals surface area contributed by atoms with Crippen LogP contribution in [0.4, 0.5) is 0 Å². The molecule has 0 unspecified atom stereocenters. The van der Waals surface area contributed by atoms with Crippen molar-refractivity contribution in [2.24, 2.45) is 0 Å². The predicted octanol–water partition coefficient (Wildman–Crippen LogP) is -0.209. The lowest BCUT2D eigenvalue weighted by Crippen LogP contribution is -2.39. The Morgan fingerprint density at radius 1 is 1.39 bits per heavy atom. The van der Waals surface area contributed by atoms with Crippen LogP contribution in [-0.4, -0.2) is 54.1 Å². The lowest BCUT2D eigenvalue weighted by Gasteiger charge is -2.30. The second-order valence-electron chi connectivity index (χ2n) is 4.06. The summed E-state index contributed by atoms with van der Waals surface area (Å²) in [6.45, 7) is 3.12. The zero-order valence-electron chi connectivity index (χ0n) is 10.2. The zero-order valence-corrected chi connectivity index (χ0v) is 10.2. The fourth-order valence-corrected chi connectivity index (χ4v) is 1.73. The van der Waals surface area contributed by atoms with E-state index in [1.807, 2.05) is 4.90 Å². The first kappa shape index (κ1) is 14.4. The third-order valence-corrected chi connectivity index (χ3v) is 2.70. The zero-order chi connectivity index (χ0) is 13.5. The van der Waals surface area contributed by atoms with E-state index in [2.05, 4.69) is 4.84 Å². The van der Waals surface area contributed by atoms with Gasteiger partial charge in [-0.15, -0.1) is 10.1 Å². The van der Waals surface area contributed by atoms with E-state index < -0.39 is 16.8 Å². The highest BCUT2D eigenvalue weighted by Crippen LogP contribution is 2.13. The fourth-order valence-electron chi connectivity index (χ4n) is 1.73. The molecule has 1 heterocycles. The Balaban J connectivity index is 2.14. The van der Waals surface area contributed by atoms with Gasteiger partial charge in [-0.2, -0.15) is 0 Å². The Morgan fingerprint density at radius 3 is 2.50 bits per heavy atom. The van der Waals surface area contributed by atoms with Crippen LogP contribution in [0.1, 0.15) is 19.8 Å². The van der Waals surface area contributed by atoms with Crippen LogP contribution < -0.4 is 0 Å². The van der Waals surface area contributed by atoms with Gasteiger partial charge in [0.1, 0.15) is 12.7 Å². The smallest absolute Gasteiger partial charge is 0.374 e. The number of carbonyl (C=O) groups is 2. The van der Waals surface area contributed by atoms with Crippen LogP contribution in [0.2, 0.25) is 0 Å².